The molecule has 0 aliphatic rings. The fourth-order valence-electron chi connectivity index (χ4n) is 1.17. The topological polar surface area (TPSA) is 68.9 Å². The highest BCUT2D eigenvalue weighted by atomic mass is 35.5. The first-order valence-corrected chi connectivity index (χ1v) is 4.26. The largest absolute Gasteiger partial charge is 0.366 e. The number of hydrogen-bond donors (Lipinski definition) is 1. The van der Waals surface area contributed by atoms with Crippen molar-refractivity contribution in [1.29, 1.82) is 0 Å². The minimum atomic E-state index is -0.567. The summed E-state index contributed by atoms with van der Waals surface area (Å²) in [4.78, 5) is 19.0. The summed E-state index contributed by atoms with van der Waals surface area (Å²) >= 11 is 5.83. The van der Waals surface area contributed by atoms with E-state index >= 15 is 0 Å². The Hall–Kier alpha value is -1.68. The van der Waals surface area contributed by atoms with Crippen LogP contribution in [-0.4, -0.2) is 15.9 Å². The number of benzene rings is 1. The number of amides is 1. The van der Waals surface area contributed by atoms with Gasteiger partial charge in [-0.1, -0.05) is 11.6 Å². The SMILES string of the molecule is NC(=O)c1cc2nccnc2cc1Cl. The molecule has 0 spiro atoms. The molecule has 0 saturated carbocycles. The minimum absolute atomic E-state index is 0.264. The van der Waals surface area contributed by atoms with Crippen LogP contribution in [-0.2, 0) is 0 Å². The third kappa shape index (κ3) is 1.40. The molecular weight excluding hydrogens is 202 g/mol. The first kappa shape index (κ1) is 8.90. The third-order valence-electron chi connectivity index (χ3n) is 1.82. The van der Waals surface area contributed by atoms with Crippen LogP contribution in [0, 0.1) is 0 Å². The molecule has 1 amide bonds. The zero-order valence-corrected chi connectivity index (χ0v) is 7.82. The molecule has 5 heteroatoms. The Bertz CT molecular complexity index is 512. The van der Waals surface area contributed by atoms with Crippen LogP contribution in [0.25, 0.3) is 11.0 Å². The zero-order chi connectivity index (χ0) is 10.1. The van der Waals surface area contributed by atoms with Gasteiger partial charge in [0.2, 0.25) is 5.91 Å². The van der Waals surface area contributed by atoms with E-state index in [1.807, 2.05) is 0 Å². The van der Waals surface area contributed by atoms with Crippen LogP contribution in [0.1, 0.15) is 10.4 Å². The highest BCUT2D eigenvalue weighted by Gasteiger charge is 2.08. The van der Waals surface area contributed by atoms with Gasteiger partial charge >= 0.3 is 0 Å². The second kappa shape index (κ2) is 3.23. The molecule has 1 heterocycles. The van der Waals surface area contributed by atoms with E-state index < -0.39 is 5.91 Å². The number of aromatic nitrogens is 2. The summed E-state index contributed by atoms with van der Waals surface area (Å²) in [6.07, 6.45) is 3.10. The van der Waals surface area contributed by atoms with Crippen molar-refractivity contribution in [1.82, 2.24) is 9.97 Å². The molecular formula is C9H6ClN3O. The van der Waals surface area contributed by atoms with Crippen molar-refractivity contribution >= 4 is 28.5 Å². The summed E-state index contributed by atoms with van der Waals surface area (Å²) in [7, 11) is 0. The summed E-state index contributed by atoms with van der Waals surface area (Å²) in [6.45, 7) is 0. The standard InChI is InChI=1S/C9H6ClN3O/c10-6-4-8-7(12-1-2-13-8)3-5(6)9(11)14/h1-4H,(H2,11,14). The van der Waals surface area contributed by atoms with Gasteiger partial charge in [0.1, 0.15) is 0 Å². The number of nitrogens with two attached hydrogens (primary N) is 1. The number of nitrogens with zero attached hydrogens (tertiary/aromatic N) is 2. The maximum absolute atomic E-state index is 11.0. The van der Waals surface area contributed by atoms with Gasteiger partial charge in [-0.05, 0) is 12.1 Å². The van der Waals surface area contributed by atoms with Crippen LogP contribution in [0.3, 0.4) is 0 Å². The molecule has 0 aliphatic carbocycles. The smallest absolute Gasteiger partial charge is 0.250 e. The van der Waals surface area contributed by atoms with E-state index in [9.17, 15) is 4.79 Å². The van der Waals surface area contributed by atoms with Crippen LogP contribution in [0.5, 0.6) is 0 Å². The number of carbonyl (C=O) groups is 1. The monoisotopic (exact) mass is 207 g/mol. The van der Waals surface area contributed by atoms with Gasteiger partial charge in [-0.3, -0.25) is 14.8 Å². The molecule has 0 aliphatic heterocycles. The third-order valence-corrected chi connectivity index (χ3v) is 2.14. The van der Waals surface area contributed by atoms with Crippen molar-refractivity contribution in [3.05, 3.63) is 35.1 Å². The predicted molar refractivity (Wildman–Crippen MR) is 53.1 cm³/mol. The van der Waals surface area contributed by atoms with Gasteiger partial charge in [-0.2, -0.15) is 0 Å². The maximum atomic E-state index is 11.0. The molecule has 0 unspecified atom stereocenters. The molecule has 2 rings (SSSR count). The highest BCUT2D eigenvalue weighted by molar-refractivity contribution is 6.34. The van der Waals surface area contributed by atoms with Crippen molar-refractivity contribution in [3.63, 3.8) is 0 Å². The molecule has 0 bridgehead atoms. The van der Waals surface area contributed by atoms with Crippen molar-refractivity contribution in [2.45, 2.75) is 0 Å². The van der Waals surface area contributed by atoms with Crippen LogP contribution in [0.2, 0.25) is 5.02 Å². The molecule has 0 atom stereocenters. The molecule has 2 N–H and O–H groups in total. The van der Waals surface area contributed by atoms with E-state index in [0.29, 0.717) is 16.1 Å². The number of rotatable bonds is 1. The van der Waals surface area contributed by atoms with Crippen LogP contribution >= 0.6 is 11.6 Å². The Kier molecular flexibility index (Phi) is 2.05. The van der Waals surface area contributed by atoms with Gasteiger partial charge < -0.3 is 5.73 Å². The van der Waals surface area contributed by atoms with Crippen LogP contribution in [0.4, 0.5) is 0 Å². The molecule has 14 heavy (non-hydrogen) atoms. The fraction of sp³-hybridized carbons (Fsp3) is 0. The lowest BCUT2D eigenvalue weighted by Crippen LogP contribution is -2.11. The summed E-state index contributed by atoms with van der Waals surface area (Å²) in [5.41, 5.74) is 6.64. The van der Waals surface area contributed by atoms with Gasteiger partial charge in [-0.15, -0.1) is 0 Å². The normalized spacial score (nSPS) is 10.4. The van der Waals surface area contributed by atoms with E-state index in [0.717, 1.165) is 0 Å². The first-order chi connectivity index (χ1) is 6.68. The van der Waals surface area contributed by atoms with Gasteiger partial charge in [0.15, 0.2) is 0 Å². The fourth-order valence-corrected chi connectivity index (χ4v) is 1.43. The molecule has 1 aromatic heterocycles. The number of fused-ring (bicyclic) bond motifs is 1. The average molecular weight is 208 g/mol. The Morgan fingerprint density at radius 1 is 1.21 bits per heavy atom. The Labute approximate surface area is 84.7 Å². The summed E-state index contributed by atoms with van der Waals surface area (Å²) in [5, 5.41) is 0.297. The maximum Gasteiger partial charge on any atom is 0.250 e. The quantitative estimate of drug-likeness (QED) is 0.768. The molecule has 2 aromatic rings. The Morgan fingerprint density at radius 3 is 2.36 bits per heavy atom. The van der Waals surface area contributed by atoms with Crippen molar-refractivity contribution in [3.8, 4) is 0 Å². The number of hydrogen-bond acceptors (Lipinski definition) is 3. The lowest BCUT2D eigenvalue weighted by atomic mass is 10.2. The number of carbonyl (C=O) groups excluding carboxylic acids is 1. The predicted octanol–water partition coefficient (Wildman–Crippen LogP) is 1.38. The zero-order valence-electron chi connectivity index (χ0n) is 7.07. The van der Waals surface area contributed by atoms with Crippen molar-refractivity contribution < 1.29 is 4.79 Å². The number of primary amides is 1. The molecule has 1 aromatic carbocycles. The molecule has 70 valence electrons. The second-order valence-corrected chi connectivity index (χ2v) is 3.15. The lowest BCUT2D eigenvalue weighted by Gasteiger charge is -2.01. The second-order valence-electron chi connectivity index (χ2n) is 2.74. The molecule has 4 nitrogen and oxygen atoms in total. The van der Waals surface area contributed by atoms with E-state index in [-0.39, 0.29) is 5.56 Å². The Balaban J connectivity index is 2.77. The summed E-state index contributed by atoms with van der Waals surface area (Å²) in [6, 6.07) is 3.11. The van der Waals surface area contributed by atoms with Crippen LogP contribution < -0.4 is 5.73 Å². The summed E-state index contributed by atoms with van der Waals surface area (Å²) < 4.78 is 0. The van der Waals surface area contributed by atoms with Crippen molar-refractivity contribution in [2.75, 3.05) is 0 Å². The van der Waals surface area contributed by atoms with E-state index in [4.69, 9.17) is 17.3 Å². The molecule has 0 fully saturated rings. The molecule has 0 saturated heterocycles. The van der Waals surface area contributed by atoms with E-state index in [1.54, 1.807) is 18.5 Å². The van der Waals surface area contributed by atoms with Gasteiger partial charge in [0.25, 0.3) is 0 Å². The van der Waals surface area contributed by atoms with Crippen molar-refractivity contribution in [2.24, 2.45) is 5.73 Å². The lowest BCUT2D eigenvalue weighted by molar-refractivity contribution is 0.100. The van der Waals surface area contributed by atoms with Crippen LogP contribution in [0.15, 0.2) is 24.5 Å². The molecule has 0 radical (unpaired) electrons. The Morgan fingerprint density at radius 2 is 1.79 bits per heavy atom. The average Bonchev–Trinajstić information content (AvgIpc) is 2.16. The summed E-state index contributed by atoms with van der Waals surface area (Å²) in [5.74, 6) is -0.567. The highest BCUT2D eigenvalue weighted by Crippen LogP contribution is 2.20. The first-order valence-electron chi connectivity index (χ1n) is 3.88. The number of halogens is 1. The van der Waals surface area contributed by atoms with Gasteiger partial charge in [0.05, 0.1) is 21.6 Å². The van der Waals surface area contributed by atoms with E-state index in [1.165, 1.54) is 6.07 Å². The van der Waals surface area contributed by atoms with Gasteiger partial charge in [0, 0.05) is 12.4 Å². The minimum Gasteiger partial charge on any atom is -0.366 e. The van der Waals surface area contributed by atoms with Gasteiger partial charge in [-0.25, -0.2) is 0 Å². The van der Waals surface area contributed by atoms with E-state index in [2.05, 4.69) is 9.97 Å².